The molecule has 1 aliphatic rings. The van der Waals surface area contributed by atoms with Crippen LogP contribution >= 0.6 is 0 Å². The number of hydrogen-bond donors (Lipinski definition) is 1. The average Bonchev–Trinajstić information content (AvgIpc) is 2.42. The van der Waals surface area contributed by atoms with Gasteiger partial charge in [-0.3, -0.25) is 9.69 Å². The molecule has 104 valence electrons. The van der Waals surface area contributed by atoms with Gasteiger partial charge in [0.2, 0.25) is 5.91 Å². The summed E-state index contributed by atoms with van der Waals surface area (Å²) in [5, 5.41) is 2.61. The second-order valence-corrected chi connectivity index (χ2v) is 4.74. The Kier molecular flexibility index (Phi) is 4.87. The van der Waals surface area contributed by atoms with Crippen LogP contribution in [0.2, 0.25) is 0 Å². The van der Waals surface area contributed by atoms with E-state index in [2.05, 4.69) is 22.0 Å². The van der Waals surface area contributed by atoms with Gasteiger partial charge in [0.1, 0.15) is 5.82 Å². The molecule has 1 amide bonds. The third-order valence-electron chi connectivity index (χ3n) is 3.43. The normalized spacial score (nSPS) is 17.4. The molecule has 0 spiro atoms. The molecule has 5 heteroatoms. The fraction of sp³-hybridized carbons (Fsp3) is 0.500. The minimum absolute atomic E-state index is 0.157. The minimum atomic E-state index is -0.397. The number of hydrogen-bond acceptors (Lipinski definition) is 3. The number of amides is 1. The van der Waals surface area contributed by atoms with Crippen molar-refractivity contribution in [3.05, 3.63) is 30.1 Å². The summed E-state index contributed by atoms with van der Waals surface area (Å²) < 4.78 is 13.4. The maximum atomic E-state index is 13.4. The lowest BCUT2D eigenvalue weighted by Gasteiger charge is -2.33. The number of carbonyl (C=O) groups excluding carboxylic acids is 1. The molecule has 1 aromatic rings. The lowest BCUT2D eigenvalue weighted by atomic mass is 10.3. The number of piperazine rings is 1. The summed E-state index contributed by atoms with van der Waals surface area (Å²) in [6.07, 6.45) is 0. The molecule has 0 atom stereocenters. The van der Waals surface area contributed by atoms with E-state index in [4.69, 9.17) is 0 Å². The molecule has 0 saturated carbocycles. The van der Waals surface area contributed by atoms with Crippen LogP contribution in [0.15, 0.2) is 24.3 Å². The van der Waals surface area contributed by atoms with Crippen LogP contribution in [0.5, 0.6) is 0 Å². The lowest BCUT2D eigenvalue weighted by Crippen LogP contribution is -2.48. The molecular formula is C14H20FN3O. The van der Waals surface area contributed by atoms with Gasteiger partial charge < -0.3 is 10.2 Å². The largest absolute Gasteiger partial charge is 0.322 e. The summed E-state index contributed by atoms with van der Waals surface area (Å²) in [5.74, 6) is -0.554. The molecule has 0 radical (unpaired) electrons. The summed E-state index contributed by atoms with van der Waals surface area (Å²) in [4.78, 5) is 16.3. The number of nitrogens with one attached hydrogen (secondary N) is 1. The van der Waals surface area contributed by atoms with Gasteiger partial charge in [0.15, 0.2) is 0 Å². The average molecular weight is 265 g/mol. The summed E-state index contributed by atoms with van der Waals surface area (Å²) >= 11 is 0. The standard InChI is InChI=1S/C14H20FN3O/c1-2-17-7-9-18(10-8-17)11-14(19)16-13-6-4-3-5-12(13)15/h3-6H,2,7-11H2,1H3,(H,16,19). The van der Waals surface area contributed by atoms with E-state index in [1.165, 1.54) is 6.07 Å². The molecule has 0 aromatic heterocycles. The van der Waals surface area contributed by atoms with Gasteiger partial charge in [-0.25, -0.2) is 4.39 Å². The van der Waals surface area contributed by atoms with Crippen molar-refractivity contribution >= 4 is 11.6 Å². The first-order valence-corrected chi connectivity index (χ1v) is 6.68. The van der Waals surface area contributed by atoms with E-state index in [1.807, 2.05) is 0 Å². The molecule has 1 fully saturated rings. The highest BCUT2D eigenvalue weighted by molar-refractivity contribution is 5.92. The molecule has 4 nitrogen and oxygen atoms in total. The lowest BCUT2D eigenvalue weighted by molar-refractivity contribution is -0.117. The van der Waals surface area contributed by atoms with Crippen LogP contribution in [0.4, 0.5) is 10.1 Å². The number of para-hydroxylation sites is 1. The van der Waals surface area contributed by atoms with Crippen molar-refractivity contribution in [1.29, 1.82) is 0 Å². The van der Waals surface area contributed by atoms with E-state index < -0.39 is 5.82 Å². The van der Waals surface area contributed by atoms with Gasteiger partial charge in [-0.2, -0.15) is 0 Å². The Morgan fingerprint density at radius 2 is 1.84 bits per heavy atom. The Labute approximate surface area is 113 Å². The highest BCUT2D eigenvalue weighted by Crippen LogP contribution is 2.12. The Morgan fingerprint density at radius 3 is 2.47 bits per heavy atom. The second kappa shape index (κ2) is 6.63. The van der Waals surface area contributed by atoms with Crippen molar-refractivity contribution in [1.82, 2.24) is 9.80 Å². The van der Waals surface area contributed by atoms with Gasteiger partial charge in [-0.05, 0) is 18.7 Å². The molecule has 0 unspecified atom stereocenters. The zero-order valence-electron chi connectivity index (χ0n) is 11.2. The first-order valence-electron chi connectivity index (χ1n) is 6.68. The summed E-state index contributed by atoms with van der Waals surface area (Å²) in [6, 6.07) is 6.23. The van der Waals surface area contributed by atoms with Crippen LogP contribution in [0.3, 0.4) is 0 Å². The number of rotatable bonds is 4. The number of likely N-dealkylation sites (N-methyl/N-ethyl adjacent to an activating group) is 1. The Hall–Kier alpha value is -1.46. The van der Waals surface area contributed by atoms with Crippen LogP contribution in [0.25, 0.3) is 0 Å². The Morgan fingerprint density at radius 1 is 1.21 bits per heavy atom. The maximum Gasteiger partial charge on any atom is 0.238 e. The predicted molar refractivity (Wildman–Crippen MR) is 73.6 cm³/mol. The van der Waals surface area contributed by atoms with E-state index >= 15 is 0 Å². The van der Waals surface area contributed by atoms with Crippen LogP contribution in [0.1, 0.15) is 6.92 Å². The third kappa shape index (κ3) is 4.01. The van der Waals surface area contributed by atoms with Gasteiger partial charge in [-0.1, -0.05) is 19.1 Å². The van der Waals surface area contributed by atoms with Gasteiger partial charge in [0, 0.05) is 26.2 Å². The maximum absolute atomic E-state index is 13.4. The number of carbonyl (C=O) groups is 1. The van der Waals surface area contributed by atoms with E-state index in [-0.39, 0.29) is 11.6 Å². The van der Waals surface area contributed by atoms with E-state index in [1.54, 1.807) is 18.2 Å². The molecule has 2 rings (SSSR count). The van der Waals surface area contributed by atoms with Gasteiger partial charge in [-0.15, -0.1) is 0 Å². The predicted octanol–water partition coefficient (Wildman–Crippen LogP) is 1.40. The van der Waals surface area contributed by atoms with Crippen LogP contribution in [-0.2, 0) is 4.79 Å². The van der Waals surface area contributed by atoms with E-state index in [0.29, 0.717) is 6.54 Å². The number of benzene rings is 1. The van der Waals surface area contributed by atoms with E-state index in [9.17, 15) is 9.18 Å². The molecule has 1 heterocycles. The molecule has 0 bridgehead atoms. The van der Waals surface area contributed by atoms with Crippen molar-refractivity contribution in [3.8, 4) is 0 Å². The summed E-state index contributed by atoms with van der Waals surface area (Å²) in [5.41, 5.74) is 0.250. The third-order valence-corrected chi connectivity index (χ3v) is 3.43. The topological polar surface area (TPSA) is 35.6 Å². The van der Waals surface area contributed by atoms with Crippen LogP contribution < -0.4 is 5.32 Å². The summed E-state index contributed by atoms with van der Waals surface area (Å²) in [7, 11) is 0. The quantitative estimate of drug-likeness (QED) is 0.894. The van der Waals surface area contributed by atoms with Crippen molar-refractivity contribution in [2.45, 2.75) is 6.92 Å². The van der Waals surface area contributed by atoms with Gasteiger partial charge >= 0.3 is 0 Å². The highest BCUT2D eigenvalue weighted by atomic mass is 19.1. The van der Waals surface area contributed by atoms with Crippen molar-refractivity contribution in [2.24, 2.45) is 0 Å². The first kappa shape index (κ1) is 14.0. The number of anilines is 1. The monoisotopic (exact) mass is 265 g/mol. The molecule has 1 N–H and O–H groups in total. The van der Waals surface area contributed by atoms with Gasteiger partial charge in [0.25, 0.3) is 0 Å². The molecule has 19 heavy (non-hydrogen) atoms. The molecule has 0 aliphatic carbocycles. The van der Waals surface area contributed by atoms with Crippen LogP contribution in [0, 0.1) is 5.82 Å². The van der Waals surface area contributed by atoms with E-state index in [0.717, 1.165) is 32.7 Å². The molecular weight excluding hydrogens is 245 g/mol. The smallest absolute Gasteiger partial charge is 0.238 e. The number of halogens is 1. The number of nitrogens with zero attached hydrogens (tertiary/aromatic N) is 2. The molecule has 1 saturated heterocycles. The summed E-state index contributed by atoms with van der Waals surface area (Å²) in [6.45, 7) is 7.27. The fourth-order valence-electron chi connectivity index (χ4n) is 2.22. The fourth-order valence-corrected chi connectivity index (χ4v) is 2.22. The molecule has 1 aliphatic heterocycles. The van der Waals surface area contributed by atoms with Crippen molar-refractivity contribution in [2.75, 3.05) is 44.6 Å². The Bertz CT molecular complexity index is 430. The zero-order valence-corrected chi connectivity index (χ0v) is 11.2. The first-order chi connectivity index (χ1) is 9.19. The zero-order chi connectivity index (χ0) is 13.7. The highest BCUT2D eigenvalue weighted by Gasteiger charge is 2.18. The Balaban J connectivity index is 1.81. The minimum Gasteiger partial charge on any atom is -0.322 e. The molecule has 1 aromatic carbocycles. The SMILES string of the molecule is CCN1CCN(CC(=O)Nc2ccccc2F)CC1. The van der Waals surface area contributed by atoms with Crippen LogP contribution in [-0.4, -0.2) is 55.0 Å². The second-order valence-electron chi connectivity index (χ2n) is 4.74. The van der Waals surface area contributed by atoms with Crippen molar-refractivity contribution in [3.63, 3.8) is 0 Å². The van der Waals surface area contributed by atoms with Gasteiger partial charge in [0.05, 0.1) is 12.2 Å². The van der Waals surface area contributed by atoms with Crippen molar-refractivity contribution < 1.29 is 9.18 Å².